The Morgan fingerprint density at radius 2 is 2.06 bits per heavy atom. The highest BCUT2D eigenvalue weighted by Crippen LogP contribution is 2.54. The number of thiophene rings is 1. The first-order valence-corrected chi connectivity index (χ1v) is 12.5. The molecule has 2 aliphatic rings. The molecule has 3 heterocycles. The number of hydrogen-bond acceptors (Lipinski definition) is 5. The molecule has 1 aliphatic carbocycles. The first-order valence-electron chi connectivity index (χ1n) is 11.2. The Morgan fingerprint density at radius 3 is 2.73 bits per heavy atom. The van der Waals surface area contributed by atoms with E-state index in [0.717, 1.165) is 24.4 Å². The third-order valence-corrected chi connectivity index (χ3v) is 8.13. The predicted molar refractivity (Wildman–Crippen MR) is 129 cm³/mol. The summed E-state index contributed by atoms with van der Waals surface area (Å²) in [6.45, 7) is 4.91. The van der Waals surface area contributed by atoms with E-state index in [-0.39, 0.29) is 17.5 Å². The Bertz CT molecular complexity index is 1280. The van der Waals surface area contributed by atoms with Gasteiger partial charge in [-0.25, -0.2) is 4.98 Å². The van der Waals surface area contributed by atoms with Crippen LogP contribution in [-0.2, 0) is 23.2 Å². The van der Waals surface area contributed by atoms with E-state index in [2.05, 4.69) is 30.3 Å². The Balaban J connectivity index is 1.39. The summed E-state index contributed by atoms with van der Waals surface area (Å²) in [5.74, 6) is 0.763. The zero-order valence-corrected chi connectivity index (χ0v) is 20.2. The van der Waals surface area contributed by atoms with Gasteiger partial charge >= 0.3 is 0 Å². The van der Waals surface area contributed by atoms with Crippen LogP contribution in [0, 0.1) is 0 Å². The van der Waals surface area contributed by atoms with Crippen LogP contribution in [0.2, 0.25) is 5.02 Å². The Labute approximate surface area is 201 Å². The summed E-state index contributed by atoms with van der Waals surface area (Å²) in [4.78, 5) is 36.6. The minimum atomic E-state index is -1.32. The normalized spacial score (nSPS) is 17.7. The van der Waals surface area contributed by atoms with Crippen molar-refractivity contribution in [1.82, 2.24) is 14.9 Å². The molecule has 0 spiro atoms. The molecule has 2 aromatic heterocycles. The van der Waals surface area contributed by atoms with E-state index in [1.54, 1.807) is 35.6 Å². The number of nitrogens with one attached hydrogen (secondary N) is 1. The van der Waals surface area contributed by atoms with E-state index >= 15 is 0 Å². The van der Waals surface area contributed by atoms with Crippen LogP contribution in [0.1, 0.15) is 71.8 Å². The van der Waals surface area contributed by atoms with E-state index < -0.39 is 12.0 Å². The van der Waals surface area contributed by atoms with Crippen molar-refractivity contribution in [3.05, 3.63) is 84.2 Å². The maximum absolute atomic E-state index is 13.0. The average molecular weight is 484 g/mol. The van der Waals surface area contributed by atoms with Crippen LogP contribution >= 0.6 is 22.9 Å². The SMILES string of the molecule is CC(C)c1csc(C2(c3nc4c(c(=O)[nH]3)CN(C(=O)[C@H](O)c3cccc(Cl)c3)CC4)CC2)c1. The first-order chi connectivity index (χ1) is 15.8. The van der Waals surface area contributed by atoms with Crippen molar-refractivity contribution < 1.29 is 9.90 Å². The molecule has 0 saturated heterocycles. The van der Waals surface area contributed by atoms with Gasteiger partial charge in [-0.1, -0.05) is 37.6 Å². The van der Waals surface area contributed by atoms with Gasteiger partial charge < -0.3 is 15.0 Å². The third-order valence-electron chi connectivity index (χ3n) is 6.74. The summed E-state index contributed by atoms with van der Waals surface area (Å²) in [7, 11) is 0. The van der Waals surface area contributed by atoms with Gasteiger partial charge in [-0.15, -0.1) is 11.3 Å². The van der Waals surface area contributed by atoms with Gasteiger partial charge in [0, 0.05) is 22.9 Å². The first kappa shape index (κ1) is 22.3. The Hall–Kier alpha value is -2.48. The maximum atomic E-state index is 13.0. The molecule has 172 valence electrons. The maximum Gasteiger partial charge on any atom is 0.256 e. The van der Waals surface area contributed by atoms with E-state index in [9.17, 15) is 14.7 Å². The molecule has 1 aliphatic heterocycles. The highest BCUT2D eigenvalue weighted by Gasteiger charge is 2.50. The zero-order chi connectivity index (χ0) is 23.3. The van der Waals surface area contributed by atoms with E-state index in [0.29, 0.717) is 35.0 Å². The molecule has 5 rings (SSSR count). The summed E-state index contributed by atoms with van der Waals surface area (Å²) in [6, 6.07) is 8.87. The number of aromatic amines is 1. The van der Waals surface area contributed by atoms with Gasteiger partial charge in [-0.05, 0) is 53.5 Å². The number of amides is 1. The largest absolute Gasteiger partial charge is 0.378 e. The molecule has 33 heavy (non-hydrogen) atoms. The fourth-order valence-electron chi connectivity index (χ4n) is 4.46. The van der Waals surface area contributed by atoms with Gasteiger partial charge in [-0.3, -0.25) is 9.59 Å². The number of hydrogen-bond donors (Lipinski definition) is 2. The topological polar surface area (TPSA) is 86.3 Å². The summed E-state index contributed by atoms with van der Waals surface area (Å²) < 4.78 is 0. The number of aliphatic hydroxyl groups excluding tert-OH is 1. The van der Waals surface area contributed by atoms with Gasteiger partial charge in [0.05, 0.1) is 23.2 Å². The molecule has 1 atom stereocenters. The van der Waals surface area contributed by atoms with Crippen molar-refractivity contribution in [2.75, 3.05) is 6.54 Å². The van der Waals surface area contributed by atoms with E-state index in [4.69, 9.17) is 16.6 Å². The lowest BCUT2D eigenvalue weighted by molar-refractivity contribution is -0.141. The molecular weight excluding hydrogens is 458 g/mol. The van der Waals surface area contributed by atoms with Crippen molar-refractivity contribution in [2.24, 2.45) is 0 Å². The molecule has 2 N–H and O–H groups in total. The number of H-pyrrole nitrogens is 1. The molecule has 1 saturated carbocycles. The van der Waals surface area contributed by atoms with Crippen molar-refractivity contribution in [2.45, 2.75) is 57.1 Å². The van der Waals surface area contributed by atoms with E-state index in [1.165, 1.54) is 15.3 Å². The van der Waals surface area contributed by atoms with Crippen LogP contribution in [0.3, 0.4) is 0 Å². The molecule has 1 fully saturated rings. The lowest BCUT2D eigenvalue weighted by Crippen LogP contribution is -2.42. The van der Waals surface area contributed by atoms with Crippen LogP contribution in [0.4, 0.5) is 0 Å². The second-order valence-electron chi connectivity index (χ2n) is 9.29. The molecule has 0 radical (unpaired) electrons. The van der Waals surface area contributed by atoms with Crippen molar-refractivity contribution in [1.29, 1.82) is 0 Å². The van der Waals surface area contributed by atoms with Gasteiger partial charge in [0.1, 0.15) is 5.82 Å². The highest BCUT2D eigenvalue weighted by molar-refractivity contribution is 7.10. The predicted octanol–water partition coefficient (Wildman–Crippen LogP) is 4.31. The molecule has 0 unspecified atom stereocenters. The summed E-state index contributed by atoms with van der Waals surface area (Å²) in [6.07, 6.45) is 1.12. The molecular formula is C25H26ClN3O3S. The summed E-state index contributed by atoms with van der Waals surface area (Å²) in [5, 5.41) is 13.2. The van der Waals surface area contributed by atoms with Gasteiger partial charge in [0.25, 0.3) is 11.5 Å². The monoisotopic (exact) mass is 483 g/mol. The quantitative estimate of drug-likeness (QED) is 0.566. The summed E-state index contributed by atoms with van der Waals surface area (Å²) >= 11 is 7.74. The van der Waals surface area contributed by atoms with Crippen LogP contribution in [0.15, 0.2) is 40.5 Å². The zero-order valence-electron chi connectivity index (χ0n) is 18.6. The fourth-order valence-corrected chi connectivity index (χ4v) is 5.99. The molecule has 0 bridgehead atoms. The van der Waals surface area contributed by atoms with Gasteiger partial charge in [-0.2, -0.15) is 0 Å². The number of nitrogens with zero attached hydrogens (tertiary/aromatic N) is 2. The number of fused-ring (bicyclic) bond motifs is 1. The second kappa shape index (κ2) is 8.38. The number of rotatable bonds is 5. The standard InChI is InChI=1S/C25H26ClN3O3S/c1-14(2)16-11-20(33-13-16)25(7-8-25)24-27-19-6-9-29(12-18(19)22(31)28-24)23(32)21(30)15-4-3-5-17(26)10-15/h3-5,10-11,13-14,21,30H,6-9,12H2,1-2H3,(H,27,28,31)/t21-/m1/s1. The minimum absolute atomic E-state index is 0.137. The molecule has 8 heteroatoms. The lowest BCUT2D eigenvalue weighted by Gasteiger charge is -2.30. The summed E-state index contributed by atoms with van der Waals surface area (Å²) in [5.41, 5.74) is 2.61. The minimum Gasteiger partial charge on any atom is -0.378 e. The van der Waals surface area contributed by atoms with Crippen molar-refractivity contribution >= 4 is 28.8 Å². The van der Waals surface area contributed by atoms with Crippen molar-refractivity contribution in [3.63, 3.8) is 0 Å². The molecule has 1 amide bonds. The second-order valence-corrected chi connectivity index (χ2v) is 10.6. The number of carbonyl (C=O) groups excluding carboxylic acids is 1. The highest BCUT2D eigenvalue weighted by atomic mass is 35.5. The Morgan fingerprint density at radius 1 is 1.27 bits per heavy atom. The van der Waals surface area contributed by atoms with Crippen molar-refractivity contribution in [3.8, 4) is 0 Å². The average Bonchev–Trinajstić information content (AvgIpc) is 3.46. The lowest BCUT2D eigenvalue weighted by atomic mass is 9.99. The number of aromatic nitrogens is 2. The number of carbonyl (C=O) groups is 1. The van der Waals surface area contributed by atoms with Crippen LogP contribution < -0.4 is 5.56 Å². The number of benzene rings is 1. The van der Waals surface area contributed by atoms with Crippen LogP contribution in [-0.4, -0.2) is 32.4 Å². The smallest absolute Gasteiger partial charge is 0.256 e. The van der Waals surface area contributed by atoms with Crippen LogP contribution in [0.5, 0.6) is 0 Å². The number of halogens is 1. The molecule has 1 aromatic carbocycles. The van der Waals surface area contributed by atoms with Gasteiger partial charge in [0.15, 0.2) is 6.10 Å². The fraction of sp³-hybridized carbons (Fsp3) is 0.400. The Kier molecular flexibility index (Phi) is 5.67. The molecule has 6 nitrogen and oxygen atoms in total. The van der Waals surface area contributed by atoms with Crippen LogP contribution in [0.25, 0.3) is 0 Å². The number of aliphatic hydroxyl groups is 1. The molecule has 3 aromatic rings. The van der Waals surface area contributed by atoms with E-state index in [1.807, 2.05) is 0 Å². The van der Waals surface area contributed by atoms with Gasteiger partial charge in [0.2, 0.25) is 0 Å². The third kappa shape index (κ3) is 4.03.